The van der Waals surface area contributed by atoms with Gasteiger partial charge in [0.2, 0.25) is 11.8 Å². The topological polar surface area (TPSA) is 92.6 Å². The quantitative estimate of drug-likeness (QED) is 0.308. The molecule has 3 aromatic carbocycles. The number of halogens is 1. The molecular formula is C26H26BrN3O4. The highest BCUT2D eigenvalue weighted by molar-refractivity contribution is 9.10. The zero-order valence-electron chi connectivity index (χ0n) is 18.8. The van der Waals surface area contributed by atoms with Gasteiger partial charge in [-0.2, -0.15) is 0 Å². The molecule has 0 aliphatic heterocycles. The molecule has 0 heterocycles. The van der Waals surface area contributed by atoms with Gasteiger partial charge in [0.15, 0.2) is 0 Å². The van der Waals surface area contributed by atoms with Crippen molar-refractivity contribution in [1.82, 2.24) is 10.2 Å². The van der Waals surface area contributed by atoms with Crippen LogP contribution in [0.2, 0.25) is 0 Å². The summed E-state index contributed by atoms with van der Waals surface area (Å²) in [6.07, 6.45) is 0.138. The summed E-state index contributed by atoms with van der Waals surface area (Å²) < 4.78 is 0.855. The van der Waals surface area contributed by atoms with Gasteiger partial charge in [0, 0.05) is 35.6 Å². The van der Waals surface area contributed by atoms with Crippen molar-refractivity contribution >= 4 is 33.4 Å². The first-order chi connectivity index (χ1) is 16.4. The van der Waals surface area contributed by atoms with Crippen LogP contribution < -0.4 is 5.32 Å². The maximum absolute atomic E-state index is 13.6. The van der Waals surface area contributed by atoms with Crippen LogP contribution in [0.3, 0.4) is 0 Å². The number of likely N-dealkylation sites (N-methyl/N-ethyl adjacent to an activating group) is 1. The fourth-order valence-corrected chi connectivity index (χ4v) is 4.23. The van der Waals surface area contributed by atoms with E-state index in [4.69, 9.17) is 0 Å². The Morgan fingerprint density at radius 1 is 1.00 bits per heavy atom. The summed E-state index contributed by atoms with van der Waals surface area (Å²) in [5, 5.41) is 14.3. The fourth-order valence-electron chi connectivity index (χ4n) is 3.78. The Balaban J connectivity index is 2.00. The van der Waals surface area contributed by atoms with Crippen molar-refractivity contribution in [2.45, 2.75) is 32.4 Å². The standard InChI is InChI=1S/C26H26BrN3O4/c1-2-28-26(32)24(16-19-9-4-3-5-10-19)29(18-20-11-8-13-22(27)15-20)25(31)17-21-12-6-7-14-23(21)30(33)34/h3-15,24H,2,16-18H2,1H3,(H,28,32). The number of nitro benzene ring substituents is 1. The summed E-state index contributed by atoms with van der Waals surface area (Å²) in [6.45, 7) is 2.44. The van der Waals surface area contributed by atoms with Crippen molar-refractivity contribution in [1.29, 1.82) is 0 Å². The molecule has 0 radical (unpaired) electrons. The first kappa shape index (κ1) is 25.1. The minimum Gasteiger partial charge on any atom is -0.355 e. The van der Waals surface area contributed by atoms with E-state index in [-0.39, 0.29) is 30.5 Å². The van der Waals surface area contributed by atoms with E-state index in [1.807, 2.05) is 61.5 Å². The van der Waals surface area contributed by atoms with Crippen LogP contribution in [0.25, 0.3) is 0 Å². The number of hydrogen-bond donors (Lipinski definition) is 1. The normalized spacial score (nSPS) is 11.5. The Morgan fingerprint density at radius 3 is 2.35 bits per heavy atom. The number of hydrogen-bond acceptors (Lipinski definition) is 4. The van der Waals surface area contributed by atoms with E-state index >= 15 is 0 Å². The van der Waals surface area contributed by atoms with E-state index < -0.39 is 11.0 Å². The van der Waals surface area contributed by atoms with E-state index in [0.29, 0.717) is 18.5 Å². The summed E-state index contributed by atoms with van der Waals surface area (Å²) >= 11 is 3.46. The number of nitro groups is 1. The van der Waals surface area contributed by atoms with Crippen LogP contribution in [0.5, 0.6) is 0 Å². The van der Waals surface area contributed by atoms with Gasteiger partial charge in [-0.15, -0.1) is 0 Å². The van der Waals surface area contributed by atoms with Gasteiger partial charge in [-0.3, -0.25) is 19.7 Å². The van der Waals surface area contributed by atoms with Crippen LogP contribution in [-0.4, -0.2) is 34.2 Å². The molecular weight excluding hydrogens is 498 g/mol. The van der Waals surface area contributed by atoms with Crippen LogP contribution in [0, 0.1) is 10.1 Å². The van der Waals surface area contributed by atoms with Gasteiger partial charge in [0.1, 0.15) is 6.04 Å². The predicted octanol–water partition coefficient (Wildman–Crippen LogP) is 4.68. The lowest BCUT2D eigenvalue weighted by atomic mass is 10.0. The smallest absolute Gasteiger partial charge is 0.273 e. The summed E-state index contributed by atoms with van der Waals surface area (Å²) in [6, 6.07) is 22.4. The number of carbonyl (C=O) groups excluding carboxylic acids is 2. The number of amides is 2. The van der Waals surface area contributed by atoms with E-state index in [9.17, 15) is 19.7 Å². The number of carbonyl (C=O) groups is 2. The lowest BCUT2D eigenvalue weighted by molar-refractivity contribution is -0.385. The van der Waals surface area contributed by atoms with Gasteiger partial charge in [-0.1, -0.05) is 76.6 Å². The second-order valence-electron chi connectivity index (χ2n) is 7.81. The zero-order valence-corrected chi connectivity index (χ0v) is 20.4. The van der Waals surface area contributed by atoms with Crippen molar-refractivity contribution < 1.29 is 14.5 Å². The third-order valence-corrected chi connectivity index (χ3v) is 5.89. The third kappa shape index (κ3) is 6.74. The Labute approximate surface area is 207 Å². The maximum Gasteiger partial charge on any atom is 0.273 e. The van der Waals surface area contributed by atoms with Crippen LogP contribution in [0.1, 0.15) is 23.6 Å². The molecule has 8 heteroatoms. The molecule has 7 nitrogen and oxygen atoms in total. The van der Waals surface area contributed by atoms with Crippen LogP contribution >= 0.6 is 15.9 Å². The molecule has 2 amide bonds. The molecule has 1 N–H and O–H groups in total. The Kier molecular flexibility index (Phi) is 8.93. The maximum atomic E-state index is 13.6. The highest BCUT2D eigenvalue weighted by Gasteiger charge is 2.31. The number of nitrogens with zero attached hydrogens (tertiary/aromatic N) is 2. The van der Waals surface area contributed by atoms with Crippen molar-refractivity contribution in [3.8, 4) is 0 Å². The molecule has 0 aliphatic carbocycles. The first-order valence-corrected chi connectivity index (χ1v) is 11.8. The molecule has 0 aromatic heterocycles. The number of nitrogens with one attached hydrogen (secondary N) is 1. The van der Waals surface area contributed by atoms with Crippen LogP contribution in [-0.2, 0) is 29.0 Å². The lowest BCUT2D eigenvalue weighted by Crippen LogP contribution is -2.51. The summed E-state index contributed by atoms with van der Waals surface area (Å²) in [5.41, 5.74) is 1.95. The van der Waals surface area contributed by atoms with Crippen LogP contribution in [0.4, 0.5) is 5.69 Å². The molecule has 0 aliphatic rings. The highest BCUT2D eigenvalue weighted by Crippen LogP contribution is 2.22. The molecule has 1 unspecified atom stereocenters. The average Bonchev–Trinajstić information content (AvgIpc) is 2.82. The Hall–Kier alpha value is -3.52. The van der Waals surface area contributed by atoms with E-state index in [2.05, 4.69) is 21.2 Å². The molecule has 0 fully saturated rings. The second-order valence-corrected chi connectivity index (χ2v) is 8.73. The SMILES string of the molecule is CCNC(=O)C(Cc1ccccc1)N(Cc1cccc(Br)c1)C(=O)Cc1ccccc1[N+](=O)[O-]. The van der Waals surface area contributed by atoms with Gasteiger partial charge in [-0.25, -0.2) is 0 Å². The van der Waals surface area contributed by atoms with Crippen molar-refractivity contribution in [2.24, 2.45) is 0 Å². The minimum atomic E-state index is -0.781. The van der Waals surface area contributed by atoms with E-state index in [0.717, 1.165) is 15.6 Å². The second kappa shape index (κ2) is 12.1. The molecule has 3 aromatic rings. The summed E-state index contributed by atoms with van der Waals surface area (Å²) in [4.78, 5) is 39.3. The van der Waals surface area contributed by atoms with Crippen molar-refractivity contribution in [3.63, 3.8) is 0 Å². The number of para-hydroxylation sites is 1. The fraction of sp³-hybridized carbons (Fsp3) is 0.231. The molecule has 176 valence electrons. The van der Waals surface area contributed by atoms with Gasteiger partial charge in [0.05, 0.1) is 11.3 Å². The van der Waals surface area contributed by atoms with Crippen molar-refractivity contribution in [2.75, 3.05) is 6.54 Å². The zero-order chi connectivity index (χ0) is 24.5. The summed E-state index contributed by atoms with van der Waals surface area (Å²) in [5.74, 6) is -0.626. The predicted molar refractivity (Wildman–Crippen MR) is 134 cm³/mol. The lowest BCUT2D eigenvalue weighted by Gasteiger charge is -2.31. The molecule has 0 saturated heterocycles. The van der Waals surface area contributed by atoms with Crippen molar-refractivity contribution in [3.05, 3.63) is 110 Å². The summed E-state index contributed by atoms with van der Waals surface area (Å²) in [7, 11) is 0. The largest absolute Gasteiger partial charge is 0.355 e. The van der Waals surface area contributed by atoms with Gasteiger partial charge in [-0.05, 0) is 30.2 Å². The van der Waals surface area contributed by atoms with E-state index in [1.165, 1.54) is 11.0 Å². The molecule has 0 bridgehead atoms. The molecule has 0 spiro atoms. The van der Waals surface area contributed by atoms with Gasteiger partial charge in [0.25, 0.3) is 5.69 Å². The van der Waals surface area contributed by atoms with E-state index in [1.54, 1.807) is 18.2 Å². The molecule has 1 atom stereocenters. The van der Waals surface area contributed by atoms with Gasteiger partial charge < -0.3 is 10.2 Å². The Morgan fingerprint density at radius 2 is 1.68 bits per heavy atom. The molecule has 0 saturated carbocycles. The Bertz CT molecular complexity index is 1150. The van der Waals surface area contributed by atoms with Crippen LogP contribution in [0.15, 0.2) is 83.3 Å². The first-order valence-electron chi connectivity index (χ1n) is 11.0. The van der Waals surface area contributed by atoms with Gasteiger partial charge >= 0.3 is 0 Å². The average molecular weight is 524 g/mol. The monoisotopic (exact) mass is 523 g/mol. The molecule has 34 heavy (non-hydrogen) atoms. The molecule has 3 rings (SSSR count). The number of benzene rings is 3. The third-order valence-electron chi connectivity index (χ3n) is 5.39. The highest BCUT2D eigenvalue weighted by atomic mass is 79.9. The number of rotatable bonds is 10. The minimum absolute atomic E-state index is 0.115.